The summed E-state index contributed by atoms with van der Waals surface area (Å²) >= 11 is 0. The molecule has 0 fully saturated rings. The van der Waals surface area contributed by atoms with Crippen molar-refractivity contribution in [2.45, 2.75) is 31.1 Å². The summed E-state index contributed by atoms with van der Waals surface area (Å²) in [4.78, 5) is 4.24. The third kappa shape index (κ3) is 3.97. The van der Waals surface area contributed by atoms with Gasteiger partial charge in [0, 0.05) is 6.07 Å². The summed E-state index contributed by atoms with van der Waals surface area (Å²) in [5.41, 5.74) is 1.27. The van der Waals surface area contributed by atoms with E-state index in [1.54, 1.807) is 24.3 Å². The van der Waals surface area contributed by atoms with Crippen LogP contribution in [0.4, 0.5) is 5.69 Å². The normalized spacial score (nSPS) is 11.9. The van der Waals surface area contributed by atoms with Crippen LogP contribution in [0.25, 0.3) is 0 Å². The van der Waals surface area contributed by atoms with Crippen LogP contribution in [0.5, 0.6) is 11.8 Å². The molecule has 0 aliphatic heterocycles. The number of sulfonamides is 1. The molecule has 0 aliphatic rings. The Morgan fingerprint density at radius 1 is 0.958 bits per heavy atom. The van der Waals surface area contributed by atoms with Crippen LogP contribution in [-0.2, 0) is 15.4 Å². The van der Waals surface area contributed by atoms with Gasteiger partial charge in [0.25, 0.3) is 10.0 Å². The fourth-order valence-corrected chi connectivity index (χ4v) is 3.17. The molecule has 0 aliphatic carbocycles. The SMILES string of the molecule is COc1ccc(NS(=O)(=O)c2ccc(C(C)(C)C)cc2)c(OC)n1. The van der Waals surface area contributed by atoms with Crippen molar-refractivity contribution >= 4 is 15.7 Å². The van der Waals surface area contributed by atoms with E-state index in [2.05, 4.69) is 30.5 Å². The van der Waals surface area contributed by atoms with Crippen molar-refractivity contribution in [2.24, 2.45) is 0 Å². The molecule has 0 radical (unpaired) electrons. The van der Waals surface area contributed by atoms with Crippen LogP contribution in [-0.4, -0.2) is 27.6 Å². The maximum atomic E-state index is 12.6. The predicted octanol–water partition coefficient (Wildman–Crippen LogP) is 3.20. The number of hydrogen-bond donors (Lipinski definition) is 1. The molecular weight excluding hydrogens is 328 g/mol. The van der Waals surface area contributed by atoms with Gasteiger partial charge in [-0.3, -0.25) is 4.72 Å². The number of nitrogens with one attached hydrogen (secondary N) is 1. The van der Waals surface area contributed by atoms with E-state index in [1.165, 1.54) is 14.2 Å². The smallest absolute Gasteiger partial charge is 0.262 e. The van der Waals surface area contributed by atoms with Gasteiger partial charge >= 0.3 is 0 Å². The van der Waals surface area contributed by atoms with E-state index >= 15 is 0 Å². The largest absolute Gasteiger partial charge is 0.481 e. The van der Waals surface area contributed by atoms with Crippen molar-refractivity contribution < 1.29 is 17.9 Å². The lowest BCUT2D eigenvalue weighted by atomic mass is 9.87. The lowest BCUT2D eigenvalue weighted by Crippen LogP contribution is -2.15. The minimum Gasteiger partial charge on any atom is -0.481 e. The highest BCUT2D eigenvalue weighted by molar-refractivity contribution is 7.92. The van der Waals surface area contributed by atoms with Gasteiger partial charge in [0.05, 0.1) is 19.1 Å². The third-order valence-electron chi connectivity index (χ3n) is 3.51. The molecule has 0 atom stereocenters. The number of nitrogens with zero attached hydrogens (tertiary/aromatic N) is 1. The van der Waals surface area contributed by atoms with Crippen LogP contribution in [0.1, 0.15) is 26.3 Å². The van der Waals surface area contributed by atoms with Crippen LogP contribution >= 0.6 is 0 Å². The molecular formula is C17H22N2O4S. The highest BCUT2D eigenvalue weighted by Crippen LogP contribution is 2.28. The molecule has 1 aromatic carbocycles. The zero-order valence-electron chi connectivity index (χ0n) is 14.5. The second-order valence-corrected chi connectivity index (χ2v) is 7.97. The molecule has 1 heterocycles. The first-order chi connectivity index (χ1) is 11.2. The Hall–Kier alpha value is -2.28. The maximum absolute atomic E-state index is 12.6. The molecule has 1 aromatic heterocycles. The zero-order chi connectivity index (χ0) is 18.0. The Kier molecular flexibility index (Phi) is 5.03. The van der Waals surface area contributed by atoms with Crippen LogP contribution in [0.3, 0.4) is 0 Å². The Bertz CT molecular complexity index is 809. The van der Waals surface area contributed by atoms with E-state index in [0.717, 1.165) is 5.56 Å². The van der Waals surface area contributed by atoms with E-state index < -0.39 is 10.0 Å². The number of rotatable bonds is 5. The lowest BCUT2D eigenvalue weighted by Gasteiger charge is -2.19. The molecule has 0 unspecified atom stereocenters. The maximum Gasteiger partial charge on any atom is 0.262 e. The highest BCUT2D eigenvalue weighted by atomic mass is 32.2. The van der Waals surface area contributed by atoms with Gasteiger partial charge in [0.15, 0.2) is 0 Å². The van der Waals surface area contributed by atoms with Crippen molar-refractivity contribution in [3.63, 3.8) is 0 Å². The van der Waals surface area contributed by atoms with Crippen molar-refractivity contribution in [3.05, 3.63) is 42.0 Å². The molecule has 24 heavy (non-hydrogen) atoms. The molecule has 2 aromatic rings. The second kappa shape index (κ2) is 6.68. The first kappa shape index (κ1) is 18.1. The molecule has 1 N–H and O–H groups in total. The summed E-state index contributed by atoms with van der Waals surface area (Å²) in [6, 6.07) is 9.92. The van der Waals surface area contributed by atoms with E-state index in [0.29, 0.717) is 5.88 Å². The monoisotopic (exact) mass is 350 g/mol. The van der Waals surface area contributed by atoms with Gasteiger partial charge in [0.2, 0.25) is 11.8 Å². The van der Waals surface area contributed by atoms with Crippen LogP contribution in [0.2, 0.25) is 0 Å². The van der Waals surface area contributed by atoms with Gasteiger partial charge < -0.3 is 9.47 Å². The third-order valence-corrected chi connectivity index (χ3v) is 4.89. The topological polar surface area (TPSA) is 77.5 Å². The molecule has 6 nitrogen and oxygen atoms in total. The van der Waals surface area contributed by atoms with Gasteiger partial charge in [-0.2, -0.15) is 4.98 Å². The summed E-state index contributed by atoms with van der Waals surface area (Å²) in [6.45, 7) is 6.22. The molecule has 0 amide bonds. The van der Waals surface area contributed by atoms with E-state index in [1.807, 2.05) is 12.1 Å². The standard InChI is InChI=1S/C17H22N2O4S/c1-17(2,3)12-6-8-13(9-7-12)24(20,21)19-14-10-11-15(22-4)18-16(14)23-5/h6-11,19H,1-5H3. The van der Waals surface area contributed by atoms with E-state index in [9.17, 15) is 8.42 Å². The van der Waals surface area contributed by atoms with Crippen molar-refractivity contribution in [1.29, 1.82) is 0 Å². The van der Waals surface area contributed by atoms with Crippen molar-refractivity contribution in [2.75, 3.05) is 18.9 Å². The minimum atomic E-state index is -3.74. The number of hydrogen-bond acceptors (Lipinski definition) is 5. The van der Waals surface area contributed by atoms with Crippen LogP contribution in [0, 0.1) is 0 Å². The number of aromatic nitrogens is 1. The van der Waals surface area contributed by atoms with E-state index in [4.69, 9.17) is 9.47 Å². The molecule has 2 rings (SSSR count). The second-order valence-electron chi connectivity index (χ2n) is 6.29. The first-order valence-electron chi connectivity index (χ1n) is 7.40. The fraction of sp³-hybridized carbons (Fsp3) is 0.353. The van der Waals surface area contributed by atoms with Gasteiger partial charge in [-0.1, -0.05) is 32.9 Å². The Labute approximate surface area is 142 Å². The number of methoxy groups -OCH3 is 2. The summed E-state index contributed by atoms with van der Waals surface area (Å²) in [5, 5.41) is 0. The van der Waals surface area contributed by atoms with Crippen LogP contribution in [0.15, 0.2) is 41.3 Å². The Morgan fingerprint density at radius 2 is 1.58 bits per heavy atom. The highest BCUT2D eigenvalue weighted by Gasteiger charge is 2.19. The first-order valence-corrected chi connectivity index (χ1v) is 8.88. The summed E-state index contributed by atoms with van der Waals surface area (Å²) in [5.74, 6) is 0.480. The summed E-state index contributed by atoms with van der Waals surface area (Å²) in [7, 11) is -0.850. The molecule has 7 heteroatoms. The van der Waals surface area contributed by atoms with E-state index in [-0.39, 0.29) is 21.9 Å². The summed E-state index contributed by atoms with van der Waals surface area (Å²) < 4.78 is 37.7. The molecule has 130 valence electrons. The number of anilines is 1. The van der Waals surface area contributed by atoms with Crippen LogP contribution < -0.4 is 14.2 Å². The average molecular weight is 350 g/mol. The van der Waals surface area contributed by atoms with Gasteiger partial charge in [-0.25, -0.2) is 8.42 Å². The zero-order valence-corrected chi connectivity index (χ0v) is 15.3. The Morgan fingerprint density at radius 3 is 2.08 bits per heavy atom. The Balaban J connectivity index is 2.32. The van der Waals surface area contributed by atoms with Crippen molar-refractivity contribution in [3.8, 4) is 11.8 Å². The molecule has 0 spiro atoms. The van der Waals surface area contributed by atoms with Gasteiger partial charge in [-0.05, 0) is 29.2 Å². The predicted molar refractivity (Wildman–Crippen MR) is 93.3 cm³/mol. The minimum absolute atomic E-state index is 0.0428. The fourth-order valence-electron chi connectivity index (χ4n) is 2.11. The molecule has 0 saturated carbocycles. The van der Waals surface area contributed by atoms with Gasteiger partial charge in [0.1, 0.15) is 5.69 Å². The number of pyridine rings is 1. The van der Waals surface area contributed by atoms with Crippen molar-refractivity contribution in [1.82, 2.24) is 4.98 Å². The quantitative estimate of drug-likeness (QED) is 0.896. The number of benzene rings is 1. The average Bonchev–Trinajstić information content (AvgIpc) is 2.54. The molecule has 0 saturated heterocycles. The summed E-state index contributed by atoms with van der Waals surface area (Å²) in [6.07, 6.45) is 0. The number of ether oxygens (including phenoxy) is 2. The van der Waals surface area contributed by atoms with Gasteiger partial charge in [-0.15, -0.1) is 0 Å². The lowest BCUT2D eigenvalue weighted by molar-refractivity contribution is 0.366. The molecule has 0 bridgehead atoms.